The highest BCUT2D eigenvalue weighted by atomic mass is 16.6. The van der Waals surface area contributed by atoms with E-state index in [1.807, 2.05) is 46.0 Å². The maximum atomic E-state index is 11.8. The Morgan fingerprint density at radius 3 is 2.70 bits per heavy atom. The average Bonchev–Trinajstić information content (AvgIpc) is 2.86. The third kappa shape index (κ3) is 5.71. The largest absolute Gasteiger partial charge is 0.444 e. The fraction of sp³-hybridized carbons (Fsp3) is 0.438. The van der Waals surface area contributed by atoms with Gasteiger partial charge in [0.1, 0.15) is 11.4 Å². The lowest BCUT2D eigenvalue weighted by molar-refractivity contribution is 0.0635. The molecule has 2 rings (SSSR count). The molecule has 0 aliphatic heterocycles. The normalized spacial score (nSPS) is 11.3. The van der Waals surface area contributed by atoms with Crippen molar-refractivity contribution >= 4 is 11.9 Å². The first-order valence-electron chi connectivity index (χ1n) is 7.48. The molecule has 0 aromatic carbocycles. The molecular formula is C16H23N5O2. The van der Waals surface area contributed by atoms with E-state index in [4.69, 9.17) is 4.74 Å². The van der Waals surface area contributed by atoms with Crippen LogP contribution in [0.5, 0.6) is 0 Å². The van der Waals surface area contributed by atoms with Crippen molar-refractivity contribution in [3.63, 3.8) is 0 Å². The van der Waals surface area contributed by atoms with Gasteiger partial charge in [-0.25, -0.2) is 4.79 Å². The highest BCUT2D eigenvalue weighted by Gasteiger charge is 2.17. The van der Waals surface area contributed by atoms with Gasteiger partial charge in [0, 0.05) is 24.8 Å². The summed E-state index contributed by atoms with van der Waals surface area (Å²) >= 11 is 0. The fourth-order valence-electron chi connectivity index (χ4n) is 1.89. The molecule has 0 spiro atoms. The molecule has 0 aliphatic carbocycles. The number of aryl methyl sites for hydroxylation is 1. The van der Waals surface area contributed by atoms with Crippen LogP contribution in [0.15, 0.2) is 24.5 Å². The van der Waals surface area contributed by atoms with Crippen molar-refractivity contribution in [1.29, 1.82) is 0 Å². The Kier molecular flexibility index (Phi) is 5.33. The molecule has 0 fully saturated rings. The number of ether oxygens (including phenoxy) is 1. The van der Waals surface area contributed by atoms with Gasteiger partial charge in [0.25, 0.3) is 0 Å². The van der Waals surface area contributed by atoms with Gasteiger partial charge in [-0.05, 0) is 39.3 Å². The van der Waals surface area contributed by atoms with Crippen LogP contribution in [0.25, 0.3) is 0 Å². The first-order chi connectivity index (χ1) is 10.8. The van der Waals surface area contributed by atoms with Gasteiger partial charge in [-0.15, -0.1) is 0 Å². The minimum absolute atomic E-state index is 0.511. The Bertz CT molecular complexity index is 643. The van der Waals surface area contributed by atoms with Crippen LogP contribution in [-0.4, -0.2) is 26.9 Å². The zero-order chi connectivity index (χ0) is 16.9. The zero-order valence-electron chi connectivity index (χ0n) is 13.9. The molecule has 1 amide bonds. The smallest absolute Gasteiger partial charge is 0.413 e. The summed E-state index contributed by atoms with van der Waals surface area (Å²) in [7, 11) is 0. The van der Waals surface area contributed by atoms with Crippen LogP contribution in [0, 0.1) is 6.92 Å². The van der Waals surface area contributed by atoms with E-state index >= 15 is 0 Å². The summed E-state index contributed by atoms with van der Waals surface area (Å²) in [4.78, 5) is 16.1. The van der Waals surface area contributed by atoms with E-state index in [0.717, 1.165) is 16.8 Å². The molecule has 2 aromatic rings. The number of anilines is 1. The quantitative estimate of drug-likeness (QED) is 0.788. The van der Waals surface area contributed by atoms with Crippen LogP contribution in [0.4, 0.5) is 10.6 Å². The predicted octanol–water partition coefficient (Wildman–Crippen LogP) is 2.75. The molecule has 7 heteroatoms. The van der Waals surface area contributed by atoms with Crippen LogP contribution in [0.3, 0.4) is 0 Å². The maximum Gasteiger partial charge on any atom is 0.413 e. The number of aromatic amines is 1. The Morgan fingerprint density at radius 1 is 1.26 bits per heavy atom. The van der Waals surface area contributed by atoms with Crippen molar-refractivity contribution in [3.05, 3.63) is 41.3 Å². The van der Waals surface area contributed by atoms with E-state index in [-0.39, 0.29) is 0 Å². The maximum absolute atomic E-state index is 11.8. The van der Waals surface area contributed by atoms with Crippen molar-refractivity contribution in [2.24, 2.45) is 0 Å². The molecule has 124 valence electrons. The van der Waals surface area contributed by atoms with Crippen molar-refractivity contribution in [2.45, 2.75) is 46.4 Å². The standard InChI is InChI=1S/C16H23N5O2/c1-11-5-6-13(18-7-11)10-17-8-12-9-19-21-14(12)20-15(22)23-16(2,3)4/h5-7,9,17H,8,10H2,1-4H3,(H2,19,20,21,22). The van der Waals surface area contributed by atoms with Crippen LogP contribution < -0.4 is 10.6 Å². The van der Waals surface area contributed by atoms with Crippen LogP contribution in [-0.2, 0) is 17.8 Å². The van der Waals surface area contributed by atoms with E-state index < -0.39 is 11.7 Å². The first-order valence-corrected chi connectivity index (χ1v) is 7.48. The molecule has 0 saturated heterocycles. The number of rotatable bonds is 5. The number of hydrogen-bond donors (Lipinski definition) is 3. The van der Waals surface area contributed by atoms with Crippen molar-refractivity contribution < 1.29 is 9.53 Å². The summed E-state index contributed by atoms with van der Waals surface area (Å²) in [5.74, 6) is 0.531. The second-order valence-corrected chi connectivity index (χ2v) is 6.33. The fourth-order valence-corrected chi connectivity index (χ4v) is 1.89. The van der Waals surface area contributed by atoms with Crippen LogP contribution in [0.1, 0.15) is 37.6 Å². The lowest BCUT2D eigenvalue weighted by atomic mass is 10.2. The monoisotopic (exact) mass is 317 g/mol. The van der Waals surface area contributed by atoms with Gasteiger partial charge in [-0.1, -0.05) is 6.07 Å². The summed E-state index contributed by atoms with van der Waals surface area (Å²) < 4.78 is 5.22. The third-order valence-electron chi connectivity index (χ3n) is 2.94. The van der Waals surface area contributed by atoms with Crippen LogP contribution in [0.2, 0.25) is 0 Å². The number of nitrogens with one attached hydrogen (secondary N) is 3. The zero-order valence-corrected chi connectivity index (χ0v) is 13.9. The van der Waals surface area contributed by atoms with E-state index in [2.05, 4.69) is 25.8 Å². The minimum Gasteiger partial charge on any atom is -0.444 e. The third-order valence-corrected chi connectivity index (χ3v) is 2.94. The van der Waals surface area contributed by atoms with E-state index in [0.29, 0.717) is 18.9 Å². The van der Waals surface area contributed by atoms with Gasteiger partial charge in [0.15, 0.2) is 0 Å². The summed E-state index contributed by atoms with van der Waals surface area (Å²) in [6.45, 7) is 8.64. The molecule has 23 heavy (non-hydrogen) atoms. The molecule has 0 atom stereocenters. The number of aromatic nitrogens is 3. The number of amides is 1. The van der Waals surface area contributed by atoms with Gasteiger partial charge in [0.2, 0.25) is 0 Å². The van der Waals surface area contributed by atoms with E-state index in [9.17, 15) is 4.79 Å². The number of hydrogen-bond acceptors (Lipinski definition) is 5. The Hall–Kier alpha value is -2.41. The van der Waals surface area contributed by atoms with Crippen molar-refractivity contribution in [2.75, 3.05) is 5.32 Å². The second kappa shape index (κ2) is 7.23. The Labute approximate surface area is 135 Å². The average molecular weight is 317 g/mol. The lowest BCUT2D eigenvalue weighted by Crippen LogP contribution is -2.27. The summed E-state index contributed by atoms with van der Waals surface area (Å²) in [6.07, 6.45) is 3.00. The number of carbonyl (C=O) groups is 1. The molecule has 2 heterocycles. The molecule has 0 bridgehead atoms. The first kappa shape index (κ1) is 17.0. The number of carbonyl (C=O) groups excluding carboxylic acids is 1. The van der Waals surface area contributed by atoms with Gasteiger partial charge >= 0.3 is 6.09 Å². The van der Waals surface area contributed by atoms with Crippen LogP contribution >= 0.6 is 0 Å². The van der Waals surface area contributed by atoms with Gasteiger partial charge in [0.05, 0.1) is 11.9 Å². The van der Waals surface area contributed by atoms with Gasteiger partial charge in [-0.3, -0.25) is 15.4 Å². The van der Waals surface area contributed by atoms with Gasteiger partial charge < -0.3 is 10.1 Å². The van der Waals surface area contributed by atoms with E-state index in [1.54, 1.807) is 6.20 Å². The van der Waals surface area contributed by atoms with Crippen molar-refractivity contribution in [3.8, 4) is 0 Å². The molecule has 3 N–H and O–H groups in total. The minimum atomic E-state index is -0.542. The molecule has 7 nitrogen and oxygen atoms in total. The van der Waals surface area contributed by atoms with E-state index in [1.165, 1.54) is 0 Å². The number of H-pyrrole nitrogens is 1. The van der Waals surface area contributed by atoms with Gasteiger partial charge in [-0.2, -0.15) is 5.10 Å². The second-order valence-electron chi connectivity index (χ2n) is 6.33. The Morgan fingerprint density at radius 2 is 2.04 bits per heavy atom. The predicted molar refractivity (Wildman–Crippen MR) is 88.0 cm³/mol. The lowest BCUT2D eigenvalue weighted by Gasteiger charge is -2.19. The number of pyridine rings is 1. The molecule has 0 saturated carbocycles. The molecular weight excluding hydrogens is 294 g/mol. The summed E-state index contributed by atoms with van der Waals surface area (Å²) in [5.41, 5.74) is 2.40. The highest BCUT2D eigenvalue weighted by molar-refractivity contribution is 5.84. The molecule has 2 aromatic heterocycles. The Balaban J connectivity index is 1.86. The molecule has 0 unspecified atom stereocenters. The molecule has 0 aliphatic rings. The summed E-state index contributed by atoms with van der Waals surface area (Å²) in [5, 5.41) is 12.7. The SMILES string of the molecule is Cc1ccc(CNCc2cn[nH]c2NC(=O)OC(C)(C)C)nc1. The topological polar surface area (TPSA) is 91.9 Å². The summed E-state index contributed by atoms with van der Waals surface area (Å²) in [6, 6.07) is 4.01. The van der Waals surface area contributed by atoms with Crippen molar-refractivity contribution in [1.82, 2.24) is 20.5 Å². The number of nitrogens with zero attached hydrogens (tertiary/aromatic N) is 2. The molecule has 0 radical (unpaired) electrons. The highest BCUT2D eigenvalue weighted by Crippen LogP contribution is 2.14.